The predicted octanol–water partition coefficient (Wildman–Crippen LogP) is 16.0. The molecule has 75 heavy (non-hydrogen) atoms. The minimum absolute atomic E-state index is 0.280. The third-order valence-corrected chi connectivity index (χ3v) is 41.2. The van der Waals surface area contributed by atoms with E-state index in [0.717, 1.165) is 66.2 Å². The average molecular weight is 1250 g/mol. The number of halogens is 1. The Hall–Kier alpha value is -2.02. The third-order valence-electron chi connectivity index (χ3n) is 18.2. The van der Waals surface area contributed by atoms with Gasteiger partial charge < -0.3 is 9.72 Å². The quantitative estimate of drug-likeness (QED) is 0.0958. The fourth-order valence-electron chi connectivity index (χ4n) is 12.7. The van der Waals surface area contributed by atoms with Crippen LogP contribution in [0.4, 0.5) is 0 Å². The van der Waals surface area contributed by atoms with Crippen molar-refractivity contribution in [2.45, 2.75) is 200 Å². The molecule has 6 aromatic rings. The number of nitrogens with one attached hydrogen (secondary N) is 1. The molecule has 4 fully saturated rings. The summed E-state index contributed by atoms with van der Waals surface area (Å²) < 4.78 is 21.5. The topological polar surface area (TPSA) is 97.2 Å². The van der Waals surface area contributed by atoms with Gasteiger partial charge in [-0.3, -0.25) is 4.90 Å². The van der Waals surface area contributed by atoms with Crippen LogP contribution in [0.2, 0.25) is 31.4 Å². The molecule has 2 saturated heterocycles. The van der Waals surface area contributed by atoms with E-state index in [0.29, 0.717) is 11.8 Å². The van der Waals surface area contributed by atoms with Gasteiger partial charge in [0, 0.05) is 72.2 Å². The van der Waals surface area contributed by atoms with Gasteiger partial charge >= 0.3 is 266 Å². The standard InChI is InChI=1S/C24H38N3OSi.C21H26N4OS.3C4H9.C3H2BrNS.Sn/c1-24(2,3)29(4,5)27-13-11-20-17-21(18-25-23(20)27)19-7-9-22(10-8-19)26-12-6-15-28-16-14-26;1-7-25(8-10-26-9-1)17-4-2-15(3-5-17)16-12-18-19(21-22-6-11-27-21)14-24-20(18)23-13-16;3*1-3-4-2;4-3-5-1-2-6-3;/h13,17-19,22H,6-10,12,14-16H2,1-5H3;6,11-15,17H,1-5,7-10H2,(H,23,24);3*1,3-4H2,2H3;1-2H;. The zero-order valence-electron chi connectivity index (χ0n) is 47.3. The van der Waals surface area contributed by atoms with Crippen molar-refractivity contribution in [2.24, 2.45) is 0 Å². The first-order valence-electron chi connectivity index (χ1n) is 29.4. The number of ether oxygens (including phenoxy) is 2. The van der Waals surface area contributed by atoms with E-state index in [1.165, 1.54) is 157 Å². The molecule has 0 amide bonds. The number of aromatic nitrogens is 6. The van der Waals surface area contributed by atoms with E-state index in [9.17, 15) is 0 Å². The molecule has 8 heterocycles. The number of hydrogen-bond donors (Lipinski definition) is 1. The Morgan fingerprint density at radius 1 is 0.680 bits per heavy atom. The number of H-pyrrole nitrogens is 1. The van der Waals surface area contributed by atoms with Crippen LogP contribution in [-0.4, -0.2) is 130 Å². The molecule has 10 rings (SSSR count). The van der Waals surface area contributed by atoms with Gasteiger partial charge in [-0.2, -0.15) is 0 Å². The molecule has 0 bridgehead atoms. The molecule has 0 atom stereocenters. The van der Waals surface area contributed by atoms with Gasteiger partial charge in [-0.15, -0.1) is 22.7 Å². The van der Waals surface area contributed by atoms with Crippen LogP contribution in [0.15, 0.2) is 64.0 Å². The normalized spacial score (nSPS) is 21.8. The molecule has 0 unspecified atom stereocenters. The smallest absolute Gasteiger partial charge is 0.137 e. The Labute approximate surface area is 473 Å². The van der Waals surface area contributed by atoms with Crippen molar-refractivity contribution in [1.29, 1.82) is 0 Å². The summed E-state index contributed by atoms with van der Waals surface area (Å²) in [5.74, 6) is 1.29. The second-order valence-electron chi connectivity index (χ2n) is 24.0. The fourth-order valence-corrected chi connectivity index (χ4v) is 33.0. The second kappa shape index (κ2) is 28.4. The molecule has 2 aliphatic heterocycles. The van der Waals surface area contributed by atoms with Crippen LogP contribution in [0, 0.1) is 0 Å². The number of fused-ring (bicyclic) bond motifs is 2. The van der Waals surface area contributed by atoms with Crippen molar-refractivity contribution in [3.8, 4) is 10.6 Å². The first-order chi connectivity index (χ1) is 36.4. The molecule has 6 aromatic heterocycles. The number of thiazole rings is 2. The molecule has 0 spiro atoms. The van der Waals surface area contributed by atoms with Gasteiger partial charge in [-0.25, -0.2) is 15.0 Å². The van der Waals surface area contributed by atoms with Gasteiger partial charge in [0.15, 0.2) is 3.92 Å². The van der Waals surface area contributed by atoms with Gasteiger partial charge in [0.2, 0.25) is 0 Å². The summed E-state index contributed by atoms with van der Waals surface area (Å²) in [5.41, 5.74) is 6.38. The van der Waals surface area contributed by atoms with E-state index < -0.39 is 26.6 Å². The second-order valence-corrected chi connectivity index (χ2v) is 45.2. The molecule has 10 nitrogen and oxygen atoms in total. The molecule has 1 N–H and O–H groups in total. The van der Waals surface area contributed by atoms with Crippen LogP contribution >= 0.6 is 38.6 Å². The molecular weight excluding hydrogens is 1160 g/mol. The maximum absolute atomic E-state index is 5.76. The number of aromatic amines is 1. The minimum Gasteiger partial charge on any atom is -0.380 e. The number of hydrogen-bond acceptors (Lipinski definition) is 10. The van der Waals surface area contributed by atoms with Crippen molar-refractivity contribution < 1.29 is 9.47 Å². The van der Waals surface area contributed by atoms with Gasteiger partial charge in [0.05, 0.1) is 6.61 Å². The summed E-state index contributed by atoms with van der Waals surface area (Å²) in [6, 6.07) is 6.52. The number of pyridine rings is 2. The summed E-state index contributed by atoms with van der Waals surface area (Å²) in [5, 5.41) is 8.08. The zero-order valence-corrected chi connectivity index (χ0v) is 54.4. The van der Waals surface area contributed by atoms with E-state index in [2.05, 4.69) is 130 Å². The van der Waals surface area contributed by atoms with Gasteiger partial charge in [-0.1, -0.05) is 0 Å². The SMILES string of the molecule is Brc1nccs1.CCC[CH2][Sn]([CH2]CCC)([CH2]CCC)[c]1cn([Si](C)(C)C(C)(C)C)c2ncc(C3CCC(N4CCCOCC4)CC3)cc12.c1csc(-c2c[nH]c3ncc(C4CCC(N5CCCOCC5)CC4)cc23)n1. The molecule has 0 radical (unpaired) electrons. The van der Waals surface area contributed by atoms with Crippen LogP contribution in [0.5, 0.6) is 0 Å². The monoisotopic (exact) mass is 1250 g/mol. The van der Waals surface area contributed by atoms with Crippen LogP contribution in [0.1, 0.15) is 167 Å². The van der Waals surface area contributed by atoms with Crippen molar-refractivity contribution in [3.63, 3.8) is 0 Å². The molecule has 2 aliphatic carbocycles. The van der Waals surface area contributed by atoms with Crippen LogP contribution < -0.4 is 3.58 Å². The Morgan fingerprint density at radius 3 is 1.69 bits per heavy atom. The van der Waals surface area contributed by atoms with Crippen LogP contribution in [0.25, 0.3) is 32.6 Å². The molecule has 0 aromatic carbocycles. The Kier molecular flexibility index (Phi) is 22.4. The summed E-state index contributed by atoms with van der Waals surface area (Å²) >= 11 is 3.77. The van der Waals surface area contributed by atoms with Crippen LogP contribution in [0.3, 0.4) is 0 Å². The van der Waals surface area contributed by atoms with Crippen molar-refractivity contribution in [3.05, 3.63) is 75.1 Å². The Morgan fingerprint density at radius 2 is 1.21 bits per heavy atom. The minimum atomic E-state index is -2.68. The van der Waals surface area contributed by atoms with Gasteiger partial charge in [-0.05, 0) is 65.6 Å². The van der Waals surface area contributed by atoms with Crippen LogP contribution in [-0.2, 0) is 9.47 Å². The first-order valence-corrected chi connectivity index (χ1v) is 42.4. The first kappa shape index (κ1) is 59.1. The summed E-state index contributed by atoms with van der Waals surface area (Å²) in [6.45, 7) is 28.1. The maximum Gasteiger partial charge on any atom is 0.137 e. The van der Waals surface area contributed by atoms with E-state index >= 15 is 0 Å². The molecular formula is C60H93BrN8O2S2SiSn. The van der Waals surface area contributed by atoms with Crippen molar-refractivity contribution >= 4 is 90.9 Å². The van der Waals surface area contributed by atoms with E-state index in [1.54, 1.807) is 34.3 Å². The maximum atomic E-state index is 5.76. The Bertz CT molecular complexity index is 2560. The third kappa shape index (κ3) is 15.1. The summed E-state index contributed by atoms with van der Waals surface area (Å²) in [6.07, 6.45) is 33.7. The number of nitrogens with zero attached hydrogens (tertiary/aromatic N) is 7. The largest absolute Gasteiger partial charge is 0.380 e. The van der Waals surface area contributed by atoms with E-state index in [-0.39, 0.29) is 5.04 Å². The van der Waals surface area contributed by atoms with Crippen molar-refractivity contribution in [1.82, 2.24) is 39.0 Å². The van der Waals surface area contributed by atoms with Crippen molar-refractivity contribution in [2.75, 3.05) is 52.6 Å². The molecule has 4 aliphatic rings. The fraction of sp³-hybridized carbons (Fsp3) is 0.667. The van der Waals surface area contributed by atoms with Gasteiger partial charge in [0.1, 0.15) is 10.7 Å². The summed E-state index contributed by atoms with van der Waals surface area (Å²) in [4.78, 5) is 27.2. The van der Waals surface area contributed by atoms with E-state index in [1.807, 2.05) is 26.7 Å². The molecule has 15 heteroatoms. The number of unbranched alkanes of at least 4 members (excludes halogenated alkanes) is 3. The average Bonchev–Trinajstić information content (AvgIpc) is 4.22. The zero-order chi connectivity index (χ0) is 52.8. The number of rotatable bonds is 16. The van der Waals surface area contributed by atoms with Gasteiger partial charge in [0.25, 0.3) is 0 Å². The molecule has 412 valence electrons. The predicted molar refractivity (Wildman–Crippen MR) is 328 cm³/mol. The Balaban J connectivity index is 0.000000191. The summed E-state index contributed by atoms with van der Waals surface area (Å²) in [7, 11) is -1.81. The molecule has 2 saturated carbocycles. The van der Waals surface area contributed by atoms with E-state index in [4.69, 9.17) is 19.4 Å².